The number of benzene rings is 1. The van der Waals surface area contributed by atoms with Crippen molar-refractivity contribution >= 4 is 5.82 Å². The summed E-state index contributed by atoms with van der Waals surface area (Å²) in [4.78, 5) is 8.89. The molecule has 5 nitrogen and oxygen atoms in total. The maximum Gasteiger partial charge on any atom is 0.573 e. The lowest BCUT2D eigenvalue weighted by Gasteiger charge is -2.35. The van der Waals surface area contributed by atoms with Gasteiger partial charge in [-0.25, -0.2) is 4.98 Å². The van der Waals surface area contributed by atoms with Crippen molar-refractivity contribution in [1.82, 2.24) is 9.88 Å². The predicted molar refractivity (Wildman–Crippen MR) is 100 cm³/mol. The van der Waals surface area contributed by atoms with E-state index in [1.165, 1.54) is 12.1 Å². The Morgan fingerprint density at radius 2 is 1.89 bits per heavy atom. The summed E-state index contributed by atoms with van der Waals surface area (Å²) in [5.74, 6) is 0.633. The van der Waals surface area contributed by atoms with Crippen molar-refractivity contribution in [2.24, 2.45) is 0 Å². The van der Waals surface area contributed by atoms with Gasteiger partial charge in [0, 0.05) is 37.9 Å². The number of hydrogen-bond acceptors (Lipinski definition) is 5. The fourth-order valence-corrected chi connectivity index (χ4v) is 3.42. The number of fused-ring (bicyclic) bond motifs is 1. The molecule has 2 heterocycles. The average Bonchev–Trinajstić information content (AvgIpc) is 2.62. The van der Waals surface area contributed by atoms with E-state index in [2.05, 4.69) is 14.6 Å². The molecule has 0 amide bonds. The first-order chi connectivity index (χ1) is 13.2. The number of aromatic nitrogens is 1. The van der Waals surface area contributed by atoms with E-state index in [0.29, 0.717) is 13.1 Å². The van der Waals surface area contributed by atoms with E-state index < -0.39 is 6.36 Å². The number of aryl methyl sites for hydroxylation is 1. The number of alkyl halides is 3. The van der Waals surface area contributed by atoms with Crippen LogP contribution in [0.3, 0.4) is 0 Å². The minimum absolute atomic E-state index is 0.0306. The highest BCUT2D eigenvalue weighted by Gasteiger charge is 2.31. The Morgan fingerprint density at radius 3 is 2.54 bits per heavy atom. The fourth-order valence-electron chi connectivity index (χ4n) is 3.42. The third-order valence-electron chi connectivity index (χ3n) is 4.92. The Morgan fingerprint density at radius 1 is 1.18 bits per heavy atom. The molecule has 1 atom stereocenters. The van der Waals surface area contributed by atoms with Crippen molar-refractivity contribution in [1.29, 1.82) is 0 Å². The molecule has 0 spiro atoms. The third-order valence-corrected chi connectivity index (χ3v) is 4.92. The molecule has 0 radical (unpaired) electrons. The molecule has 0 fully saturated rings. The molecule has 2 aromatic rings. The van der Waals surface area contributed by atoms with Crippen LogP contribution in [0.1, 0.15) is 23.2 Å². The number of aliphatic hydroxyl groups is 1. The molecular formula is C20H24F3N3O2. The van der Waals surface area contributed by atoms with Crippen molar-refractivity contribution in [2.75, 3.05) is 25.1 Å². The lowest BCUT2D eigenvalue weighted by molar-refractivity contribution is -0.274. The smallest absolute Gasteiger partial charge is 0.406 e. The summed E-state index contributed by atoms with van der Waals surface area (Å²) in [7, 11) is 1.95. The molecule has 28 heavy (non-hydrogen) atoms. The van der Waals surface area contributed by atoms with Crippen molar-refractivity contribution in [3.05, 3.63) is 53.2 Å². The first kappa shape index (κ1) is 20.4. The second kappa shape index (κ2) is 8.36. The number of likely N-dealkylation sites (N-methyl/N-ethyl adjacent to an activating group) is 1. The molecule has 1 aliphatic rings. The van der Waals surface area contributed by atoms with Gasteiger partial charge in [-0.05, 0) is 37.1 Å². The van der Waals surface area contributed by atoms with Crippen LogP contribution in [0.4, 0.5) is 19.0 Å². The Labute approximate surface area is 162 Å². The lowest BCUT2D eigenvalue weighted by Crippen LogP contribution is -2.41. The number of anilines is 1. The molecule has 8 heteroatoms. The van der Waals surface area contributed by atoms with Crippen LogP contribution in [0.25, 0.3) is 0 Å². The minimum Gasteiger partial charge on any atom is -0.406 e. The Hall–Kier alpha value is -2.32. The quantitative estimate of drug-likeness (QED) is 0.859. The SMILES string of the molecule is Cc1ccc2c(n1)N(C)[C@H](CO)CCN(Cc1ccc(OC(F)(F)F)cc1)C2. The highest BCUT2D eigenvalue weighted by atomic mass is 19.4. The van der Waals surface area contributed by atoms with E-state index in [4.69, 9.17) is 0 Å². The Kier molecular flexibility index (Phi) is 6.10. The highest BCUT2D eigenvalue weighted by Crippen LogP contribution is 2.27. The normalized spacial score (nSPS) is 18.4. The molecule has 0 unspecified atom stereocenters. The summed E-state index contributed by atoms with van der Waals surface area (Å²) in [5.41, 5.74) is 2.86. The zero-order valence-corrected chi connectivity index (χ0v) is 15.9. The van der Waals surface area contributed by atoms with Crippen molar-refractivity contribution < 1.29 is 23.0 Å². The summed E-state index contributed by atoms with van der Waals surface area (Å²) in [6.45, 7) is 3.98. The van der Waals surface area contributed by atoms with Crippen molar-refractivity contribution in [3.8, 4) is 5.75 Å². The number of aliphatic hydroxyl groups excluding tert-OH is 1. The van der Waals surface area contributed by atoms with Gasteiger partial charge >= 0.3 is 6.36 Å². The van der Waals surface area contributed by atoms with E-state index >= 15 is 0 Å². The van der Waals surface area contributed by atoms with Crippen LogP contribution < -0.4 is 9.64 Å². The number of rotatable bonds is 4. The molecular weight excluding hydrogens is 371 g/mol. The summed E-state index contributed by atoms with van der Waals surface area (Å²) in [6.07, 6.45) is -3.93. The van der Waals surface area contributed by atoms with Gasteiger partial charge in [0.2, 0.25) is 0 Å². The van der Waals surface area contributed by atoms with Crippen LogP contribution in [-0.2, 0) is 13.1 Å². The largest absolute Gasteiger partial charge is 0.573 e. The zero-order valence-electron chi connectivity index (χ0n) is 15.9. The first-order valence-corrected chi connectivity index (χ1v) is 9.12. The van der Waals surface area contributed by atoms with Crippen LogP contribution in [0.2, 0.25) is 0 Å². The molecule has 0 aliphatic carbocycles. The summed E-state index contributed by atoms with van der Waals surface area (Å²) >= 11 is 0. The van der Waals surface area contributed by atoms with Gasteiger partial charge in [0.1, 0.15) is 11.6 Å². The number of pyridine rings is 1. The Bertz CT molecular complexity index is 796. The second-order valence-electron chi connectivity index (χ2n) is 7.07. The topological polar surface area (TPSA) is 48.8 Å². The summed E-state index contributed by atoms with van der Waals surface area (Å²) in [5, 5.41) is 9.78. The maximum absolute atomic E-state index is 12.3. The van der Waals surface area contributed by atoms with E-state index in [1.54, 1.807) is 12.1 Å². The first-order valence-electron chi connectivity index (χ1n) is 9.12. The number of hydrogen-bond donors (Lipinski definition) is 1. The molecule has 1 aromatic heterocycles. The van der Waals surface area contributed by atoms with Crippen LogP contribution in [0.15, 0.2) is 36.4 Å². The Balaban J connectivity index is 1.77. The minimum atomic E-state index is -4.69. The van der Waals surface area contributed by atoms with Crippen LogP contribution in [0.5, 0.6) is 5.75 Å². The maximum atomic E-state index is 12.3. The molecule has 0 saturated carbocycles. The second-order valence-corrected chi connectivity index (χ2v) is 7.07. The number of nitrogens with zero attached hydrogens (tertiary/aromatic N) is 3. The van der Waals surface area contributed by atoms with Gasteiger partial charge < -0.3 is 14.7 Å². The van der Waals surface area contributed by atoms with Crippen molar-refractivity contribution in [3.63, 3.8) is 0 Å². The number of ether oxygens (including phenoxy) is 1. The van der Waals surface area contributed by atoms with Gasteiger partial charge in [-0.15, -0.1) is 13.2 Å². The van der Waals surface area contributed by atoms with Gasteiger partial charge in [-0.3, -0.25) is 4.90 Å². The molecule has 1 aliphatic heterocycles. The summed E-state index contributed by atoms with van der Waals surface area (Å²) < 4.78 is 40.9. The third kappa shape index (κ3) is 5.14. The highest BCUT2D eigenvalue weighted by molar-refractivity contribution is 5.48. The molecule has 3 rings (SSSR count). The van der Waals surface area contributed by atoms with E-state index in [9.17, 15) is 18.3 Å². The molecule has 1 aromatic carbocycles. The van der Waals surface area contributed by atoms with Gasteiger partial charge in [0.05, 0.1) is 12.6 Å². The van der Waals surface area contributed by atoms with Crippen LogP contribution >= 0.6 is 0 Å². The fraction of sp³-hybridized carbons (Fsp3) is 0.450. The molecule has 152 valence electrons. The monoisotopic (exact) mass is 395 g/mol. The van der Waals surface area contributed by atoms with E-state index in [1.807, 2.05) is 31.0 Å². The van der Waals surface area contributed by atoms with Gasteiger partial charge in [0.15, 0.2) is 0 Å². The molecule has 0 saturated heterocycles. The molecule has 0 bridgehead atoms. The summed E-state index contributed by atoms with van der Waals surface area (Å²) in [6, 6.07) is 9.91. The van der Waals surface area contributed by atoms with Gasteiger partial charge in [-0.2, -0.15) is 0 Å². The van der Waals surface area contributed by atoms with Crippen LogP contribution in [0, 0.1) is 6.92 Å². The van der Waals surface area contributed by atoms with Gasteiger partial charge in [-0.1, -0.05) is 18.2 Å². The predicted octanol–water partition coefficient (Wildman–Crippen LogP) is 3.49. The standard InChI is InChI=1S/C20H24F3N3O2/c1-14-3-6-16-12-26(10-9-17(13-27)25(2)19(16)24-14)11-15-4-7-18(8-5-15)28-20(21,22)23/h3-8,17,27H,9-13H2,1-2H3/t17-/m0/s1. The number of halogens is 3. The van der Waals surface area contributed by atoms with Crippen molar-refractivity contribution in [2.45, 2.75) is 38.8 Å². The lowest BCUT2D eigenvalue weighted by atomic mass is 10.1. The van der Waals surface area contributed by atoms with E-state index in [-0.39, 0.29) is 18.4 Å². The average molecular weight is 395 g/mol. The zero-order chi connectivity index (χ0) is 20.3. The van der Waals surface area contributed by atoms with E-state index in [0.717, 1.165) is 35.6 Å². The van der Waals surface area contributed by atoms with Gasteiger partial charge in [0.25, 0.3) is 0 Å². The van der Waals surface area contributed by atoms with Crippen LogP contribution in [-0.4, -0.2) is 47.6 Å². The molecule has 1 N–H and O–H groups in total.